The van der Waals surface area contributed by atoms with Crippen molar-refractivity contribution < 1.29 is 4.39 Å². The molecule has 2 aromatic rings. The maximum Gasteiger partial charge on any atom is 0.123 e. The van der Waals surface area contributed by atoms with Crippen molar-refractivity contribution in [1.29, 1.82) is 0 Å². The third-order valence-corrected chi connectivity index (χ3v) is 3.98. The van der Waals surface area contributed by atoms with Crippen LogP contribution in [-0.4, -0.2) is 0 Å². The number of nitrogens with one attached hydrogen (secondary N) is 1. The fourth-order valence-corrected chi connectivity index (χ4v) is 2.56. The summed E-state index contributed by atoms with van der Waals surface area (Å²) in [6.07, 6.45) is 0.527. The van der Waals surface area contributed by atoms with Crippen molar-refractivity contribution in [3.63, 3.8) is 0 Å². The van der Waals surface area contributed by atoms with Gasteiger partial charge in [0.2, 0.25) is 0 Å². The van der Waals surface area contributed by atoms with Crippen molar-refractivity contribution in [3.05, 3.63) is 69.0 Å². The van der Waals surface area contributed by atoms with E-state index >= 15 is 0 Å². The Morgan fingerprint density at radius 2 is 2.00 bits per heavy atom. The highest BCUT2D eigenvalue weighted by molar-refractivity contribution is 6.42. The molecule has 2 rings (SSSR count). The van der Waals surface area contributed by atoms with Crippen LogP contribution in [0.3, 0.4) is 0 Å². The Morgan fingerprint density at radius 1 is 1.25 bits per heavy atom. The van der Waals surface area contributed by atoms with Crippen LogP contribution in [0.25, 0.3) is 0 Å². The molecule has 1 unspecified atom stereocenters. The van der Waals surface area contributed by atoms with Crippen LogP contribution >= 0.6 is 23.2 Å². The highest BCUT2D eigenvalue weighted by Crippen LogP contribution is 2.29. The summed E-state index contributed by atoms with van der Waals surface area (Å²) in [5.41, 5.74) is 5.19. The molecule has 2 aromatic carbocycles. The summed E-state index contributed by atoms with van der Waals surface area (Å²) in [7, 11) is 0. The number of hydrogen-bond donors (Lipinski definition) is 2. The Hall–Kier alpha value is -1.13. The van der Waals surface area contributed by atoms with Crippen LogP contribution in [0.5, 0.6) is 0 Å². The predicted molar refractivity (Wildman–Crippen MR) is 81.4 cm³/mol. The molecule has 0 radical (unpaired) electrons. The lowest BCUT2D eigenvalue weighted by atomic mass is 9.98. The topological polar surface area (TPSA) is 38.0 Å². The van der Waals surface area contributed by atoms with Crippen LogP contribution < -0.4 is 11.3 Å². The van der Waals surface area contributed by atoms with Gasteiger partial charge >= 0.3 is 0 Å². The molecule has 0 saturated heterocycles. The first-order valence-electron chi connectivity index (χ1n) is 6.17. The number of benzene rings is 2. The van der Waals surface area contributed by atoms with Crippen molar-refractivity contribution in [3.8, 4) is 0 Å². The first kappa shape index (κ1) is 15.3. The Kier molecular flexibility index (Phi) is 5.00. The normalized spacial score (nSPS) is 12.4. The molecule has 0 heterocycles. The van der Waals surface area contributed by atoms with E-state index in [0.29, 0.717) is 16.5 Å². The fraction of sp³-hybridized carbons (Fsp3) is 0.200. The fourth-order valence-electron chi connectivity index (χ4n) is 2.16. The molecular formula is C15H15Cl2FN2. The molecule has 0 bridgehead atoms. The lowest BCUT2D eigenvalue weighted by Crippen LogP contribution is -2.29. The van der Waals surface area contributed by atoms with Gasteiger partial charge in [0, 0.05) is 0 Å². The predicted octanol–water partition coefficient (Wildman–Crippen LogP) is 4.19. The molecule has 0 aliphatic carbocycles. The van der Waals surface area contributed by atoms with Crippen LogP contribution in [0.1, 0.15) is 22.7 Å². The third-order valence-electron chi connectivity index (χ3n) is 3.12. The zero-order valence-electron chi connectivity index (χ0n) is 11.0. The average Bonchev–Trinajstić information content (AvgIpc) is 2.39. The zero-order chi connectivity index (χ0) is 14.7. The molecule has 0 aliphatic rings. The molecule has 2 nitrogen and oxygen atoms in total. The van der Waals surface area contributed by atoms with Crippen molar-refractivity contribution in [2.75, 3.05) is 0 Å². The van der Waals surface area contributed by atoms with Crippen LogP contribution in [0.15, 0.2) is 36.4 Å². The molecule has 0 spiro atoms. The summed E-state index contributed by atoms with van der Waals surface area (Å²) >= 11 is 12.2. The van der Waals surface area contributed by atoms with Crippen molar-refractivity contribution in [1.82, 2.24) is 5.43 Å². The van der Waals surface area contributed by atoms with Gasteiger partial charge in [-0.15, -0.1) is 0 Å². The number of hydrogen-bond acceptors (Lipinski definition) is 2. The Bertz CT molecular complexity index is 597. The molecule has 5 heteroatoms. The van der Waals surface area contributed by atoms with E-state index in [1.165, 1.54) is 12.1 Å². The SMILES string of the molecule is Cc1cc(F)cc(C(Cc2cccc(Cl)c2Cl)NN)c1. The summed E-state index contributed by atoms with van der Waals surface area (Å²) in [5.74, 6) is 5.31. The number of nitrogens with two attached hydrogens (primary N) is 1. The summed E-state index contributed by atoms with van der Waals surface area (Å²) in [4.78, 5) is 0. The minimum atomic E-state index is -0.280. The van der Waals surface area contributed by atoms with Gasteiger partial charge in [0.25, 0.3) is 0 Å². The standard InChI is InChI=1S/C15H15Cl2FN2/c1-9-5-11(7-12(18)6-9)14(20-19)8-10-3-2-4-13(16)15(10)17/h2-7,14,20H,8,19H2,1H3. The molecule has 0 aromatic heterocycles. The minimum absolute atomic E-state index is 0.236. The van der Waals surface area contributed by atoms with Gasteiger partial charge < -0.3 is 0 Å². The summed E-state index contributed by atoms with van der Waals surface area (Å²) in [6.45, 7) is 1.84. The van der Waals surface area contributed by atoms with Crippen molar-refractivity contribution in [2.45, 2.75) is 19.4 Å². The lowest BCUT2D eigenvalue weighted by Gasteiger charge is -2.18. The number of halogens is 3. The highest BCUT2D eigenvalue weighted by Gasteiger charge is 2.15. The largest absolute Gasteiger partial charge is 0.271 e. The molecule has 0 aliphatic heterocycles. The molecule has 20 heavy (non-hydrogen) atoms. The smallest absolute Gasteiger partial charge is 0.123 e. The zero-order valence-corrected chi connectivity index (χ0v) is 12.5. The Labute approximate surface area is 127 Å². The second-order valence-corrected chi connectivity index (χ2v) is 5.48. The van der Waals surface area contributed by atoms with E-state index in [9.17, 15) is 4.39 Å². The summed E-state index contributed by atoms with van der Waals surface area (Å²) < 4.78 is 13.5. The highest BCUT2D eigenvalue weighted by atomic mass is 35.5. The van der Waals surface area contributed by atoms with Crippen LogP contribution in [0, 0.1) is 12.7 Å². The molecule has 106 valence electrons. The van der Waals surface area contributed by atoms with E-state index < -0.39 is 0 Å². The lowest BCUT2D eigenvalue weighted by molar-refractivity contribution is 0.544. The summed E-state index contributed by atoms with van der Waals surface area (Å²) in [6, 6.07) is 10.0. The number of aryl methyl sites for hydroxylation is 1. The van der Waals surface area contributed by atoms with Gasteiger partial charge in [0.05, 0.1) is 16.1 Å². The van der Waals surface area contributed by atoms with E-state index in [1.54, 1.807) is 6.07 Å². The number of hydrazine groups is 1. The van der Waals surface area contributed by atoms with Crippen molar-refractivity contribution >= 4 is 23.2 Å². The third kappa shape index (κ3) is 3.49. The first-order valence-corrected chi connectivity index (χ1v) is 6.93. The average molecular weight is 313 g/mol. The van der Waals surface area contributed by atoms with Crippen LogP contribution in [-0.2, 0) is 6.42 Å². The second kappa shape index (κ2) is 6.55. The number of rotatable bonds is 4. The molecular weight excluding hydrogens is 298 g/mol. The van der Waals surface area contributed by atoms with E-state index in [1.807, 2.05) is 25.1 Å². The maximum atomic E-state index is 13.5. The van der Waals surface area contributed by atoms with E-state index in [0.717, 1.165) is 16.7 Å². The monoisotopic (exact) mass is 312 g/mol. The molecule has 1 atom stereocenters. The van der Waals surface area contributed by atoms with Gasteiger partial charge in [-0.2, -0.15) is 0 Å². The van der Waals surface area contributed by atoms with E-state index in [4.69, 9.17) is 29.0 Å². The van der Waals surface area contributed by atoms with Gasteiger partial charge in [0.1, 0.15) is 5.82 Å². The summed E-state index contributed by atoms with van der Waals surface area (Å²) in [5, 5.41) is 0.998. The second-order valence-electron chi connectivity index (χ2n) is 4.70. The molecule has 0 fully saturated rings. The van der Waals surface area contributed by atoms with E-state index in [2.05, 4.69) is 5.43 Å². The first-order chi connectivity index (χ1) is 9.51. The molecule has 0 saturated carbocycles. The van der Waals surface area contributed by atoms with Crippen LogP contribution in [0.2, 0.25) is 10.0 Å². The maximum absolute atomic E-state index is 13.5. The van der Waals surface area contributed by atoms with Gasteiger partial charge in [-0.1, -0.05) is 41.4 Å². The van der Waals surface area contributed by atoms with Gasteiger partial charge in [0.15, 0.2) is 0 Å². The van der Waals surface area contributed by atoms with Gasteiger partial charge in [-0.25, -0.2) is 4.39 Å². The van der Waals surface area contributed by atoms with Gasteiger partial charge in [-0.3, -0.25) is 11.3 Å². The Morgan fingerprint density at radius 3 is 2.65 bits per heavy atom. The molecule has 0 amide bonds. The van der Waals surface area contributed by atoms with Gasteiger partial charge in [-0.05, 0) is 48.2 Å². The van der Waals surface area contributed by atoms with E-state index in [-0.39, 0.29) is 11.9 Å². The van der Waals surface area contributed by atoms with Crippen molar-refractivity contribution in [2.24, 2.45) is 5.84 Å². The van der Waals surface area contributed by atoms with Crippen LogP contribution in [0.4, 0.5) is 4.39 Å². The quantitative estimate of drug-likeness (QED) is 0.656. The minimum Gasteiger partial charge on any atom is -0.271 e. The Balaban J connectivity index is 2.31. The molecule has 3 N–H and O–H groups in total.